The second kappa shape index (κ2) is 6.37. The average Bonchev–Trinajstić information content (AvgIpc) is 2.90. The first-order valence-electron chi connectivity index (χ1n) is 9.37. The van der Waals surface area contributed by atoms with Gasteiger partial charge in [-0.05, 0) is 62.9 Å². The van der Waals surface area contributed by atoms with Gasteiger partial charge in [-0.15, -0.1) is 0 Å². The van der Waals surface area contributed by atoms with E-state index in [-0.39, 0.29) is 0 Å². The van der Waals surface area contributed by atoms with Crippen LogP contribution in [0.4, 0.5) is 4.79 Å². The highest BCUT2D eigenvalue weighted by Crippen LogP contribution is 2.45. The molecule has 1 amide bonds. The molecule has 0 spiro atoms. The predicted octanol–water partition coefficient (Wildman–Crippen LogP) is 3.77. The Morgan fingerprint density at radius 2 is 2.24 bits per heavy atom. The van der Waals surface area contributed by atoms with Crippen LogP contribution in [-0.2, 0) is 11.2 Å². The van der Waals surface area contributed by atoms with E-state index in [4.69, 9.17) is 4.74 Å². The zero-order valence-corrected chi connectivity index (χ0v) is 15.3. The van der Waals surface area contributed by atoms with Crippen LogP contribution >= 0.6 is 0 Å². The Hall–Kier alpha value is -2.01. The Morgan fingerprint density at radius 3 is 3.00 bits per heavy atom. The molecule has 5 heteroatoms. The van der Waals surface area contributed by atoms with Gasteiger partial charge in [0.05, 0.1) is 12.6 Å². The summed E-state index contributed by atoms with van der Waals surface area (Å²) in [5, 5.41) is 1.34. The highest BCUT2D eigenvalue weighted by atomic mass is 16.5. The van der Waals surface area contributed by atoms with Gasteiger partial charge in [-0.2, -0.15) is 0 Å². The van der Waals surface area contributed by atoms with Crippen molar-refractivity contribution < 1.29 is 9.53 Å². The summed E-state index contributed by atoms with van der Waals surface area (Å²) >= 11 is 0. The van der Waals surface area contributed by atoms with Gasteiger partial charge >= 0.3 is 6.09 Å². The third-order valence-electron chi connectivity index (χ3n) is 6.00. The molecular formula is C20H27N3O2. The van der Waals surface area contributed by atoms with Crippen molar-refractivity contribution in [3.63, 3.8) is 0 Å². The maximum Gasteiger partial charge on any atom is 0.426 e. The highest BCUT2D eigenvalue weighted by molar-refractivity contribution is 5.92. The van der Waals surface area contributed by atoms with Crippen LogP contribution in [0.5, 0.6) is 0 Å². The number of hydrogen-bond donors (Lipinski definition) is 1. The molecule has 1 N–H and O–H groups in total. The van der Waals surface area contributed by atoms with Crippen LogP contribution in [0.15, 0.2) is 18.2 Å². The topological polar surface area (TPSA) is 46.5 Å². The van der Waals surface area contributed by atoms with E-state index in [0.29, 0.717) is 12.0 Å². The summed E-state index contributed by atoms with van der Waals surface area (Å²) in [5.41, 5.74) is 7.91. The summed E-state index contributed by atoms with van der Waals surface area (Å²) in [6, 6.07) is 7.09. The Balaban J connectivity index is 1.84. The first-order valence-corrected chi connectivity index (χ1v) is 9.37. The van der Waals surface area contributed by atoms with E-state index < -0.39 is 6.09 Å². The maximum atomic E-state index is 11.8. The fourth-order valence-corrected chi connectivity index (χ4v) is 4.94. The number of aromatic nitrogens is 1. The van der Waals surface area contributed by atoms with Gasteiger partial charge in [0.15, 0.2) is 0 Å². The lowest BCUT2D eigenvalue weighted by molar-refractivity contribution is 0.124. The normalized spacial score (nSPS) is 22.7. The van der Waals surface area contributed by atoms with Crippen molar-refractivity contribution in [3.8, 4) is 0 Å². The number of carbonyl (C=O) groups is 1. The van der Waals surface area contributed by atoms with Crippen molar-refractivity contribution in [3.05, 3.63) is 35.0 Å². The zero-order chi connectivity index (χ0) is 17.6. The highest BCUT2D eigenvalue weighted by Gasteiger charge is 2.38. The molecule has 1 aliphatic heterocycles. The monoisotopic (exact) mass is 341 g/mol. The number of carbonyl (C=O) groups excluding carboxylic acids is 1. The van der Waals surface area contributed by atoms with Gasteiger partial charge in [-0.1, -0.05) is 19.1 Å². The number of benzene rings is 1. The van der Waals surface area contributed by atoms with E-state index in [1.54, 1.807) is 0 Å². The molecule has 2 heterocycles. The van der Waals surface area contributed by atoms with Crippen LogP contribution in [0, 0.1) is 6.92 Å². The molecule has 2 aromatic rings. The van der Waals surface area contributed by atoms with E-state index in [1.165, 1.54) is 56.0 Å². The number of rotatable bonds is 3. The number of ether oxygens (including phenoxy) is 1. The summed E-state index contributed by atoms with van der Waals surface area (Å²) < 4.78 is 6.72. The van der Waals surface area contributed by atoms with E-state index >= 15 is 0 Å². The van der Waals surface area contributed by atoms with Gasteiger partial charge in [0.1, 0.15) is 0 Å². The first-order chi connectivity index (χ1) is 12.2. The molecular weight excluding hydrogens is 314 g/mol. The average molecular weight is 341 g/mol. The molecule has 25 heavy (non-hydrogen) atoms. The van der Waals surface area contributed by atoms with Crippen LogP contribution in [0.2, 0.25) is 0 Å². The minimum atomic E-state index is -0.429. The van der Waals surface area contributed by atoms with E-state index in [2.05, 4.69) is 42.4 Å². The number of fused-ring (bicyclic) bond motifs is 2. The molecule has 4 rings (SSSR count). The van der Waals surface area contributed by atoms with Gasteiger partial charge in [0.2, 0.25) is 0 Å². The first kappa shape index (κ1) is 16.5. The van der Waals surface area contributed by atoms with Crippen molar-refractivity contribution in [2.45, 2.75) is 51.5 Å². The van der Waals surface area contributed by atoms with Gasteiger partial charge in [-0.3, -0.25) is 9.58 Å². The Labute approximate surface area is 148 Å². The van der Waals surface area contributed by atoms with Crippen molar-refractivity contribution in [1.29, 1.82) is 0 Å². The SMILES string of the molecule is CCCN1CCC[C@@H]2c3cccc4c3c(c(C)n4NC(=O)OC)C[C@H]21. The molecule has 0 bridgehead atoms. The van der Waals surface area contributed by atoms with Crippen molar-refractivity contribution in [2.24, 2.45) is 0 Å². The molecule has 134 valence electrons. The molecule has 1 aromatic heterocycles. The second-order valence-corrected chi connectivity index (χ2v) is 7.30. The molecule has 1 aliphatic carbocycles. The lowest BCUT2D eigenvalue weighted by Crippen LogP contribution is -2.47. The second-order valence-electron chi connectivity index (χ2n) is 7.30. The van der Waals surface area contributed by atoms with Crippen LogP contribution in [0.25, 0.3) is 10.9 Å². The number of amides is 1. The van der Waals surface area contributed by atoms with E-state index in [9.17, 15) is 4.79 Å². The molecule has 2 aliphatic rings. The van der Waals surface area contributed by atoms with E-state index in [0.717, 1.165) is 17.6 Å². The summed E-state index contributed by atoms with van der Waals surface area (Å²) in [6.07, 6.45) is 4.37. The third-order valence-corrected chi connectivity index (χ3v) is 6.00. The number of piperidine rings is 1. The molecule has 0 saturated carbocycles. The molecule has 1 aromatic carbocycles. The third kappa shape index (κ3) is 2.53. The fraction of sp³-hybridized carbons (Fsp3) is 0.550. The number of nitrogens with zero attached hydrogens (tertiary/aromatic N) is 2. The zero-order valence-electron chi connectivity index (χ0n) is 15.3. The Kier molecular flexibility index (Phi) is 4.20. The molecule has 2 atom stereocenters. The number of likely N-dealkylation sites (tertiary alicyclic amines) is 1. The van der Waals surface area contributed by atoms with E-state index in [1.807, 2.05) is 4.68 Å². The fourth-order valence-electron chi connectivity index (χ4n) is 4.94. The lowest BCUT2D eigenvalue weighted by Gasteiger charge is -2.44. The summed E-state index contributed by atoms with van der Waals surface area (Å²) in [6.45, 7) is 6.75. The Bertz CT molecular complexity index is 809. The Morgan fingerprint density at radius 1 is 1.40 bits per heavy atom. The molecule has 0 unspecified atom stereocenters. The number of methoxy groups -OCH3 is 1. The van der Waals surface area contributed by atoms with Gasteiger partial charge in [0.25, 0.3) is 0 Å². The number of hydrogen-bond acceptors (Lipinski definition) is 3. The smallest absolute Gasteiger partial charge is 0.426 e. The minimum Gasteiger partial charge on any atom is -0.452 e. The van der Waals surface area contributed by atoms with Gasteiger partial charge < -0.3 is 4.74 Å². The molecule has 1 saturated heterocycles. The minimum absolute atomic E-state index is 0.429. The lowest BCUT2D eigenvalue weighted by atomic mass is 9.74. The summed E-state index contributed by atoms with van der Waals surface area (Å²) in [4.78, 5) is 14.5. The summed E-state index contributed by atoms with van der Waals surface area (Å²) in [7, 11) is 1.40. The maximum absolute atomic E-state index is 11.8. The van der Waals surface area contributed by atoms with Crippen molar-refractivity contribution in [2.75, 3.05) is 25.6 Å². The van der Waals surface area contributed by atoms with Crippen LogP contribution in [0.3, 0.4) is 0 Å². The van der Waals surface area contributed by atoms with Crippen molar-refractivity contribution in [1.82, 2.24) is 9.58 Å². The molecule has 0 radical (unpaired) electrons. The van der Waals surface area contributed by atoms with Crippen molar-refractivity contribution >= 4 is 17.0 Å². The van der Waals surface area contributed by atoms with Gasteiger partial charge in [0, 0.05) is 23.0 Å². The molecule has 5 nitrogen and oxygen atoms in total. The standard InChI is InChI=1S/C20H27N3O2/c1-4-10-22-11-6-8-14-15-7-5-9-17-19(15)16(12-18(14)22)13(2)23(17)21-20(24)25-3/h5,7,9,14,18H,4,6,8,10-12H2,1-3H3,(H,21,24)/t14-,18-/m1/s1. The van der Waals surface area contributed by atoms with Crippen LogP contribution in [-0.4, -0.2) is 41.9 Å². The molecule has 1 fully saturated rings. The van der Waals surface area contributed by atoms with Crippen LogP contribution < -0.4 is 5.43 Å². The summed E-state index contributed by atoms with van der Waals surface area (Å²) in [5.74, 6) is 0.602. The predicted molar refractivity (Wildman–Crippen MR) is 99.8 cm³/mol. The number of nitrogens with one attached hydrogen (secondary N) is 1. The quantitative estimate of drug-likeness (QED) is 0.924. The van der Waals surface area contributed by atoms with Gasteiger partial charge in [-0.25, -0.2) is 10.2 Å². The largest absolute Gasteiger partial charge is 0.452 e. The van der Waals surface area contributed by atoms with Crippen LogP contribution in [0.1, 0.15) is 48.9 Å².